The van der Waals surface area contributed by atoms with E-state index in [1.54, 1.807) is 17.5 Å². The number of fused-ring (bicyclic) bond motifs is 1. The van der Waals surface area contributed by atoms with Gasteiger partial charge in [-0.05, 0) is 32.0 Å². The molecule has 0 saturated heterocycles. The first-order valence-electron chi connectivity index (χ1n) is 5.89. The second-order valence-electron chi connectivity index (χ2n) is 4.33. The summed E-state index contributed by atoms with van der Waals surface area (Å²) in [5.74, 6) is 1.28. The van der Waals surface area contributed by atoms with Crippen LogP contribution in [0.2, 0.25) is 0 Å². The van der Waals surface area contributed by atoms with E-state index in [0.29, 0.717) is 17.2 Å². The Morgan fingerprint density at radius 2 is 2.05 bits per heavy atom. The van der Waals surface area contributed by atoms with E-state index in [1.807, 2.05) is 38.1 Å². The van der Waals surface area contributed by atoms with Gasteiger partial charge in [-0.1, -0.05) is 0 Å². The quantitative estimate of drug-likeness (QED) is 0.722. The predicted octanol–water partition coefficient (Wildman–Crippen LogP) is 3.68. The van der Waals surface area contributed by atoms with Crippen LogP contribution in [0.5, 0.6) is 11.5 Å². The Morgan fingerprint density at radius 1 is 1.21 bits per heavy atom. The van der Waals surface area contributed by atoms with Crippen molar-refractivity contribution in [3.63, 3.8) is 0 Å². The molecule has 0 atom stereocenters. The first kappa shape index (κ1) is 11.9. The summed E-state index contributed by atoms with van der Waals surface area (Å²) >= 11 is 1.62. The minimum atomic E-state index is 0.608. The van der Waals surface area contributed by atoms with E-state index in [1.165, 1.54) is 0 Å². The number of nitrogen functional groups attached to an aromatic ring is 1. The van der Waals surface area contributed by atoms with Gasteiger partial charge in [-0.15, -0.1) is 11.3 Å². The first-order chi connectivity index (χ1) is 9.11. The van der Waals surface area contributed by atoms with E-state index in [4.69, 9.17) is 10.5 Å². The second kappa shape index (κ2) is 4.51. The number of pyridine rings is 1. The third kappa shape index (κ3) is 2.37. The van der Waals surface area contributed by atoms with E-state index in [0.717, 1.165) is 20.9 Å². The zero-order valence-electron chi connectivity index (χ0n) is 10.7. The summed E-state index contributed by atoms with van der Waals surface area (Å²) in [5.41, 5.74) is 8.47. The van der Waals surface area contributed by atoms with Crippen LogP contribution in [0, 0.1) is 13.8 Å². The number of aromatic nitrogens is 2. The molecule has 4 nitrogen and oxygen atoms in total. The number of hydrogen-bond donors (Lipinski definition) is 1. The van der Waals surface area contributed by atoms with Crippen LogP contribution in [-0.4, -0.2) is 9.97 Å². The normalized spacial score (nSPS) is 10.8. The van der Waals surface area contributed by atoms with Crippen LogP contribution in [-0.2, 0) is 0 Å². The van der Waals surface area contributed by atoms with Crippen molar-refractivity contribution < 1.29 is 4.74 Å². The Morgan fingerprint density at radius 3 is 2.79 bits per heavy atom. The molecule has 0 radical (unpaired) electrons. The Balaban J connectivity index is 1.99. The third-order valence-electron chi connectivity index (χ3n) is 2.74. The number of ether oxygens (including phenoxy) is 1. The number of thiazole rings is 1. The van der Waals surface area contributed by atoms with Crippen molar-refractivity contribution >= 4 is 27.2 Å². The highest BCUT2D eigenvalue weighted by molar-refractivity contribution is 7.18. The van der Waals surface area contributed by atoms with Gasteiger partial charge in [0.15, 0.2) is 5.75 Å². The number of benzene rings is 1. The molecule has 0 spiro atoms. The topological polar surface area (TPSA) is 61.0 Å². The van der Waals surface area contributed by atoms with E-state index in [2.05, 4.69) is 9.97 Å². The predicted molar refractivity (Wildman–Crippen MR) is 77.8 cm³/mol. The molecule has 5 heteroatoms. The molecule has 0 amide bonds. The van der Waals surface area contributed by atoms with Crippen LogP contribution in [0.1, 0.15) is 10.7 Å². The molecule has 2 N–H and O–H groups in total. The summed E-state index contributed by atoms with van der Waals surface area (Å²) in [6, 6.07) is 7.54. The molecule has 2 aromatic heterocycles. The molecule has 2 heterocycles. The summed E-state index contributed by atoms with van der Waals surface area (Å²) in [5, 5.41) is 1.02. The van der Waals surface area contributed by atoms with Gasteiger partial charge in [0.2, 0.25) is 0 Å². The van der Waals surface area contributed by atoms with Gasteiger partial charge in [0.1, 0.15) is 5.75 Å². The highest BCUT2D eigenvalue weighted by Crippen LogP contribution is 2.33. The molecule has 0 bridgehead atoms. The Hall–Kier alpha value is -2.14. The van der Waals surface area contributed by atoms with Crippen molar-refractivity contribution in [1.29, 1.82) is 0 Å². The smallest absolute Gasteiger partial charge is 0.152 e. The van der Waals surface area contributed by atoms with Crippen LogP contribution in [0.3, 0.4) is 0 Å². The SMILES string of the molecule is Cc1ccc(Oc2cc3nc(C)sc3cc2N)cn1. The number of anilines is 1. The van der Waals surface area contributed by atoms with Crippen molar-refractivity contribution in [3.8, 4) is 11.5 Å². The lowest BCUT2D eigenvalue weighted by Gasteiger charge is -2.08. The van der Waals surface area contributed by atoms with Gasteiger partial charge in [0, 0.05) is 11.8 Å². The Bertz CT molecular complexity index is 734. The van der Waals surface area contributed by atoms with E-state index in [9.17, 15) is 0 Å². The van der Waals surface area contributed by atoms with Crippen molar-refractivity contribution in [3.05, 3.63) is 41.2 Å². The monoisotopic (exact) mass is 271 g/mol. The summed E-state index contributed by atoms with van der Waals surface area (Å²) in [7, 11) is 0. The number of aryl methyl sites for hydroxylation is 2. The molecule has 0 fully saturated rings. The highest BCUT2D eigenvalue weighted by atomic mass is 32.1. The van der Waals surface area contributed by atoms with Gasteiger partial charge in [-0.2, -0.15) is 0 Å². The maximum atomic E-state index is 6.01. The molecule has 0 aliphatic heterocycles. The van der Waals surface area contributed by atoms with E-state index in [-0.39, 0.29) is 0 Å². The van der Waals surface area contributed by atoms with Gasteiger partial charge in [0.25, 0.3) is 0 Å². The zero-order valence-corrected chi connectivity index (χ0v) is 11.5. The van der Waals surface area contributed by atoms with Crippen molar-refractivity contribution in [2.75, 3.05) is 5.73 Å². The van der Waals surface area contributed by atoms with Crippen molar-refractivity contribution in [1.82, 2.24) is 9.97 Å². The minimum Gasteiger partial charge on any atom is -0.453 e. The van der Waals surface area contributed by atoms with E-state index >= 15 is 0 Å². The third-order valence-corrected chi connectivity index (χ3v) is 3.67. The lowest BCUT2D eigenvalue weighted by atomic mass is 10.2. The van der Waals surface area contributed by atoms with Crippen LogP contribution < -0.4 is 10.5 Å². The number of nitrogens with two attached hydrogens (primary N) is 1. The minimum absolute atomic E-state index is 0.608. The molecule has 3 aromatic rings. The molecule has 1 aromatic carbocycles. The standard InChI is InChI=1S/C14H13N3OS/c1-8-3-4-10(7-16-8)18-13-6-12-14(5-11(13)15)19-9(2)17-12/h3-7H,15H2,1-2H3. The lowest BCUT2D eigenvalue weighted by molar-refractivity contribution is 0.483. The van der Waals surface area contributed by atoms with Gasteiger partial charge in [-0.25, -0.2) is 4.98 Å². The lowest BCUT2D eigenvalue weighted by Crippen LogP contribution is -1.92. The average molecular weight is 271 g/mol. The Labute approximate surface area is 114 Å². The summed E-state index contributed by atoms with van der Waals surface area (Å²) in [6.07, 6.45) is 1.69. The summed E-state index contributed by atoms with van der Waals surface area (Å²) in [6.45, 7) is 3.91. The van der Waals surface area contributed by atoms with E-state index < -0.39 is 0 Å². The fraction of sp³-hybridized carbons (Fsp3) is 0.143. The average Bonchev–Trinajstić information content (AvgIpc) is 2.72. The van der Waals surface area contributed by atoms with Gasteiger partial charge in [0.05, 0.1) is 27.1 Å². The maximum absolute atomic E-state index is 6.01. The maximum Gasteiger partial charge on any atom is 0.152 e. The van der Waals surface area contributed by atoms with Crippen molar-refractivity contribution in [2.24, 2.45) is 0 Å². The molecule has 96 valence electrons. The fourth-order valence-corrected chi connectivity index (χ4v) is 2.67. The zero-order chi connectivity index (χ0) is 13.4. The van der Waals surface area contributed by atoms with Gasteiger partial charge in [-0.3, -0.25) is 4.98 Å². The number of rotatable bonds is 2. The van der Waals surface area contributed by atoms with Crippen LogP contribution in [0.4, 0.5) is 5.69 Å². The second-order valence-corrected chi connectivity index (χ2v) is 5.56. The van der Waals surface area contributed by atoms with Gasteiger partial charge < -0.3 is 10.5 Å². The molecule has 0 aliphatic rings. The molecular formula is C14H13N3OS. The fourth-order valence-electron chi connectivity index (χ4n) is 1.82. The molecule has 19 heavy (non-hydrogen) atoms. The van der Waals surface area contributed by atoms with Crippen LogP contribution >= 0.6 is 11.3 Å². The van der Waals surface area contributed by atoms with Gasteiger partial charge >= 0.3 is 0 Å². The largest absolute Gasteiger partial charge is 0.453 e. The first-order valence-corrected chi connectivity index (χ1v) is 6.70. The van der Waals surface area contributed by atoms with Crippen LogP contribution in [0.25, 0.3) is 10.2 Å². The number of hydrogen-bond acceptors (Lipinski definition) is 5. The van der Waals surface area contributed by atoms with Crippen LogP contribution in [0.15, 0.2) is 30.5 Å². The van der Waals surface area contributed by atoms with Crippen molar-refractivity contribution in [2.45, 2.75) is 13.8 Å². The molecule has 0 unspecified atom stereocenters. The highest BCUT2D eigenvalue weighted by Gasteiger charge is 2.08. The molecule has 3 rings (SSSR count). The molecule has 0 saturated carbocycles. The Kier molecular flexibility index (Phi) is 2.83. The molecule has 0 aliphatic carbocycles. The molecular weight excluding hydrogens is 258 g/mol. The summed E-state index contributed by atoms with van der Waals surface area (Å²) in [4.78, 5) is 8.63. The summed E-state index contributed by atoms with van der Waals surface area (Å²) < 4.78 is 6.83. The number of nitrogens with zero attached hydrogens (tertiary/aromatic N) is 2.